The maximum Gasteiger partial charge on any atom is 0.220 e. The number of hydrogen-bond donors (Lipinski definition) is 1. The number of amides is 1. The highest BCUT2D eigenvalue weighted by molar-refractivity contribution is 7.19. The highest BCUT2D eigenvalue weighted by atomic mass is 35.5. The number of likely N-dealkylation sites (tertiary alicyclic amines) is 1. The van der Waals surface area contributed by atoms with Gasteiger partial charge in [-0.3, -0.25) is 4.79 Å². The van der Waals surface area contributed by atoms with Gasteiger partial charge in [0.05, 0.1) is 0 Å². The summed E-state index contributed by atoms with van der Waals surface area (Å²) < 4.78 is 0. The normalized spacial score (nSPS) is 14.8. The van der Waals surface area contributed by atoms with Crippen LogP contribution in [-0.4, -0.2) is 34.7 Å². The van der Waals surface area contributed by atoms with Crippen molar-refractivity contribution in [2.45, 2.75) is 12.8 Å². The van der Waals surface area contributed by atoms with E-state index in [1.54, 1.807) is 11.3 Å². The fraction of sp³-hybridized carbons (Fsp3) is 0.179. The molecule has 176 valence electrons. The van der Waals surface area contributed by atoms with Crippen molar-refractivity contribution < 1.29 is 4.79 Å². The number of benzene rings is 3. The van der Waals surface area contributed by atoms with E-state index in [2.05, 4.69) is 29.2 Å². The average Bonchev–Trinajstić information content (AvgIpc) is 3.33. The number of nitrogens with zero attached hydrogens (tertiary/aromatic N) is 3. The Morgan fingerprint density at radius 2 is 1.54 bits per heavy atom. The molecule has 2 heterocycles. The van der Waals surface area contributed by atoms with Gasteiger partial charge >= 0.3 is 0 Å². The maximum atomic E-state index is 11.7. The second-order valence-electron chi connectivity index (χ2n) is 8.51. The first-order chi connectivity index (χ1) is 17.1. The molecule has 1 aliphatic rings. The van der Waals surface area contributed by atoms with Crippen LogP contribution in [0.25, 0.3) is 21.8 Å². The third-order valence-corrected chi connectivity index (χ3v) is 7.43. The van der Waals surface area contributed by atoms with Crippen molar-refractivity contribution in [3.05, 3.63) is 95.5 Å². The molecule has 5 nitrogen and oxygen atoms in total. The number of amidine groups is 1. The number of hydrogen-bond acceptors (Lipinski definition) is 4. The molecule has 0 aliphatic carbocycles. The molecule has 3 aromatic carbocycles. The number of carbonyl (C=O) groups excluding carboxylic acids is 1. The van der Waals surface area contributed by atoms with E-state index in [1.165, 1.54) is 0 Å². The molecule has 1 aliphatic heterocycles. The topological polar surface area (TPSA) is 71.6 Å². The molecule has 5 rings (SSSR count). The number of carbonyl (C=O) groups is 1. The van der Waals surface area contributed by atoms with Crippen LogP contribution in [0.5, 0.6) is 0 Å². The molecule has 4 aromatic rings. The molecule has 0 spiro atoms. The van der Waals surface area contributed by atoms with Crippen molar-refractivity contribution in [2.75, 3.05) is 13.1 Å². The van der Waals surface area contributed by atoms with Crippen LogP contribution >= 0.6 is 22.9 Å². The van der Waals surface area contributed by atoms with Gasteiger partial charge in [-0.15, -0.1) is 0 Å². The third-order valence-electron chi connectivity index (χ3n) is 6.18. The Morgan fingerprint density at radius 3 is 2.17 bits per heavy atom. The molecule has 2 N–H and O–H groups in total. The SMILES string of the molecule is NC(=O)C1CCN(C(=Nc2sc(-c3ccc(Cl)cc3)nc2-c2ccccc2)c2ccccc2)CC1. The van der Waals surface area contributed by atoms with Crippen LogP contribution in [0.4, 0.5) is 5.00 Å². The van der Waals surface area contributed by atoms with Crippen molar-refractivity contribution in [3.8, 4) is 21.8 Å². The number of piperidine rings is 1. The molecular weight excluding hydrogens is 476 g/mol. The van der Waals surface area contributed by atoms with Gasteiger partial charge in [0.15, 0.2) is 0 Å². The molecular formula is C28H25ClN4OS. The van der Waals surface area contributed by atoms with E-state index >= 15 is 0 Å². The first kappa shape index (κ1) is 23.3. The highest BCUT2D eigenvalue weighted by Crippen LogP contribution is 2.40. The lowest BCUT2D eigenvalue weighted by atomic mass is 9.95. The maximum absolute atomic E-state index is 11.7. The fourth-order valence-electron chi connectivity index (χ4n) is 4.26. The molecule has 0 saturated carbocycles. The lowest BCUT2D eigenvalue weighted by molar-refractivity contribution is -0.122. The van der Waals surface area contributed by atoms with Crippen LogP contribution in [0.2, 0.25) is 5.02 Å². The van der Waals surface area contributed by atoms with E-state index in [9.17, 15) is 4.79 Å². The Kier molecular flexibility index (Phi) is 6.93. The first-order valence-electron chi connectivity index (χ1n) is 11.6. The van der Waals surface area contributed by atoms with Crippen molar-refractivity contribution in [1.82, 2.24) is 9.88 Å². The minimum atomic E-state index is -0.218. The monoisotopic (exact) mass is 500 g/mol. The molecule has 1 aromatic heterocycles. The molecule has 1 fully saturated rings. The lowest BCUT2D eigenvalue weighted by Crippen LogP contribution is -2.42. The van der Waals surface area contributed by atoms with Gasteiger partial charge in [-0.1, -0.05) is 95.7 Å². The summed E-state index contributed by atoms with van der Waals surface area (Å²) in [4.78, 5) is 24.2. The van der Waals surface area contributed by atoms with Gasteiger partial charge in [0.1, 0.15) is 21.5 Å². The van der Waals surface area contributed by atoms with Gasteiger partial charge < -0.3 is 10.6 Å². The van der Waals surface area contributed by atoms with Gasteiger partial charge in [-0.05, 0) is 25.0 Å². The van der Waals surface area contributed by atoms with Crippen LogP contribution in [-0.2, 0) is 4.79 Å². The lowest BCUT2D eigenvalue weighted by Gasteiger charge is -2.33. The van der Waals surface area contributed by atoms with Gasteiger partial charge in [0.25, 0.3) is 0 Å². The smallest absolute Gasteiger partial charge is 0.220 e. The number of nitrogens with two attached hydrogens (primary N) is 1. The first-order valence-corrected chi connectivity index (χ1v) is 12.8. The van der Waals surface area contributed by atoms with E-state index in [0.29, 0.717) is 5.02 Å². The zero-order valence-corrected chi connectivity index (χ0v) is 20.7. The summed E-state index contributed by atoms with van der Waals surface area (Å²) in [6.45, 7) is 1.45. The van der Waals surface area contributed by atoms with Gasteiger partial charge in [0, 0.05) is 40.7 Å². The predicted molar refractivity (Wildman–Crippen MR) is 144 cm³/mol. The highest BCUT2D eigenvalue weighted by Gasteiger charge is 2.26. The van der Waals surface area contributed by atoms with E-state index < -0.39 is 0 Å². The van der Waals surface area contributed by atoms with E-state index in [-0.39, 0.29) is 11.8 Å². The predicted octanol–water partition coefficient (Wildman–Crippen LogP) is 6.41. The number of aliphatic imine (C=N–C) groups is 1. The number of aromatic nitrogens is 1. The van der Waals surface area contributed by atoms with Crippen LogP contribution in [0, 0.1) is 5.92 Å². The Morgan fingerprint density at radius 1 is 0.914 bits per heavy atom. The van der Waals surface area contributed by atoms with Gasteiger partial charge in [-0.25, -0.2) is 9.98 Å². The number of halogens is 1. The summed E-state index contributed by atoms with van der Waals surface area (Å²) in [7, 11) is 0. The molecule has 35 heavy (non-hydrogen) atoms. The van der Waals surface area contributed by atoms with Crippen molar-refractivity contribution in [2.24, 2.45) is 16.6 Å². The third kappa shape index (κ3) is 5.29. The molecule has 0 radical (unpaired) electrons. The van der Waals surface area contributed by atoms with Gasteiger partial charge in [-0.2, -0.15) is 0 Å². The van der Waals surface area contributed by atoms with Crippen LogP contribution in [0.1, 0.15) is 18.4 Å². The van der Waals surface area contributed by atoms with Crippen molar-refractivity contribution >= 4 is 39.7 Å². The average molecular weight is 501 g/mol. The standard InChI is InChI=1S/C28H25ClN4OS/c29-23-13-11-22(12-14-23)27-31-24(19-7-3-1-4-8-19)28(35-27)32-26(21-9-5-2-6-10-21)33-17-15-20(16-18-33)25(30)34/h1-14,20H,15-18H2,(H2,30,34). The second kappa shape index (κ2) is 10.4. The Bertz CT molecular complexity index is 1330. The Hall–Kier alpha value is -3.48. The van der Waals surface area contributed by atoms with E-state index in [1.807, 2.05) is 60.7 Å². The summed E-state index contributed by atoms with van der Waals surface area (Å²) in [5, 5.41) is 2.42. The van der Waals surface area contributed by atoms with E-state index in [0.717, 1.165) is 64.2 Å². The zero-order chi connectivity index (χ0) is 24.2. The summed E-state index contributed by atoms with van der Waals surface area (Å²) in [5.41, 5.74) is 9.47. The van der Waals surface area contributed by atoms with Crippen LogP contribution in [0.3, 0.4) is 0 Å². The molecule has 1 amide bonds. The minimum absolute atomic E-state index is 0.0805. The molecule has 0 atom stereocenters. The van der Waals surface area contributed by atoms with Crippen molar-refractivity contribution in [3.63, 3.8) is 0 Å². The Labute approximate surface area is 213 Å². The minimum Gasteiger partial charge on any atom is -0.369 e. The quantitative estimate of drug-likeness (QED) is 0.254. The zero-order valence-electron chi connectivity index (χ0n) is 19.1. The summed E-state index contributed by atoms with van der Waals surface area (Å²) >= 11 is 7.67. The summed E-state index contributed by atoms with van der Waals surface area (Å²) in [6, 6.07) is 28.0. The largest absolute Gasteiger partial charge is 0.369 e. The molecule has 7 heteroatoms. The van der Waals surface area contributed by atoms with Crippen LogP contribution < -0.4 is 5.73 Å². The molecule has 0 unspecified atom stereocenters. The number of primary amides is 1. The molecule has 0 bridgehead atoms. The number of rotatable bonds is 5. The van der Waals surface area contributed by atoms with Crippen molar-refractivity contribution in [1.29, 1.82) is 0 Å². The Balaban J connectivity index is 1.60. The summed E-state index contributed by atoms with van der Waals surface area (Å²) in [5.74, 6) is 0.587. The second-order valence-corrected chi connectivity index (χ2v) is 9.92. The number of thiazole rings is 1. The fourth-order valence-corrected chi connectivity index (χ4v) is 5.36. The van der Waals surface area contributed by atoms with Crippen LogP contribution in [0.15, 0.2) is 89.9 Å². The summed E-state index contributed by atoms with van der Waals surface area (Å²) in [6.07, 6.45) is 1.46. The molecule has 1 saturated heterocycles. The van der Waals surface area contributed by atoms with E-state index in [4.69, 9.17) is 27.3 Å². The van der Waals surface area contributed by atoms with Gasteiger partial charge in [0.2, 0.25) is 5.91 Å².